The highest BCUT2D eigenvalue weighted by atomic mass is 16.5. The molecule has 0 rings (SSSR count). The van der Waals surface area contributed by atoms with E-state index in [2.05, 4.69) is 18.7 Å². The fourth-order valence-corrected chi connectivity index (χ4v) is 1.81. The Kier molecular flexibility index (Phi) is 6.49. The molecule has 0 aliphatic heterocycles. The molecule has 0 saturated carbocycles. The minimum absolute atomic E-state index is 0.0464. The third-order valence-corrected chi connectivity index (χ3v) is 2.49. The lowest BCUT2D eigenvalue weighted by Gasteiger charge is -2.34. The Labute approximate surface area is 86.9 Å². The molecule has 0 fully saturated rings. The third kappa shape index (κ3) is 3.64. The van der Waals surface area contributed by atoms with Gasteiger partial charge in [0.25, 0.3) is 0 Å². The number of likely N-dealkylation sites (N-methyl/N-ethyl adjacent to an activating group) is 1. The first-order chi connectivity index (χ1) is 6.58. The molecule has 0 radical (unpaired) electrons. The second kappa shape index (κ2) is 6.79. The van der Waals surface area contributed by atoms with Crippen LogP contribution in [0, 0.1) is 5.41 Å². The number of nitrogens with zero attached hydrogens (tertiary/aromatic N) is 1. The van der Waals surface area contributed by atoms with Gasteiger partial charge < -0.3 is 10.5 Å². The second-order valence-corrected chi connectivity index (χ2v) is 3.51. The highest BCUT2D eigenvalue weighted by Gasteiger charge is 2.22. The third-order valence-electron chi connectivity index (χ3n) is 2.49. The molecule has 4 heteroatoms. The fourth-order valence-electron chi connectivity index (χ4n) is 1.81. The van der Waals surface area contributed by atoms with Gasteiger partial charge in [-0.25, -0.2) is 0 Å². The van der Waals surface area contributed by atoms with Crippen LogP contribution in [0.3, 0.4) is 0 Å². The van der Waals surface area contributed by atoms with E-state index in [0.29, 0.717) is 12.6 Å². The molecule has 0 heterocycles. The molecule has 0 aromatic rings. The van der Waals surface area contributed by atoms with Crippen molar-refractivity contribution in [2.24, 2.45) is 5.73 Å². The lowest BCUT2D eigenvalue weighted by atomic mass is 10.1. The zero-order chi connectivity index (χ0) is 11.1. The number of methoxy groups -OCH3 is 1. The monoisotopic (exact) mass is 201 g/mol. The molecular weight excluding hydrogens is 178 g/mol. The molecule has 0 aromatic carbocycles. The lowest BCUT2D eigenvalue weighted by molar-refractivity contribution is 0.0893. The van der Waals surface area contributed by atoms with Gasteiger partial charge in [-0.05, 0) is 19.9 Å². The van der Waals surface area contributed by atoms with E-state index in [1.807, 2.05) is 6.92 Å². The van der Waals surface area contributed by atoms with E-state index in [-0.39, 0.29) is 11.9 Å². The summed E-state index contributed by atoms with van der Waals surface area (Å²) < 4.78 is 5.11. The van der Waals surface area contributed by atoms with Gasteiger partial charge in [-0.1, -0.05) is 13.8 Å². The molecule has 0 aromatic heterocycles. The minimum Gasteiger partial charge on any atom is -0.386 e. The van der Waals surface area contributed by atoms with Crippen LogP contribution in [0.25, 0.3) is 0 Å². The van der Waals surface area contributed by atoms with Crippen LogP contribution < -0.4 is 5.73 Å². The van der Waals surface area contributed by atoms with E-state index < -0.39 is 0 Å². The summed E-state index contributed by atoms with van der Waals surface area (Å²) in [7, 11) is 1.69. The number of nitrogens with two attached hydrogens (primary N) is 1. The number of ether oxygens (including phenoxy) is 1. The predicted octanol–water partition coefficient (Wildman–Crippen LogP) is 1.06. The molecule has 0 saturated heterocycles. The molecular formula is C10H23N3O. The Hall–Kier alpha value is -0.610. The van der Waals surface area contributed by atoms with Crippen LogP contribution >= 0.6 is 0 Å². The van der Waals surface area contributed by atoms with Gasteiger partial charge in [0, 0.05) is 13.2 Å². The van der Waals surface area contributed by atoms with E-state index in [4.69, 9.17) is 15.9 Å². The van der Waals surface area contributed by atoms with Crippen molar-refractivity contribution in [2.75, 3.05) is 20.3 Å². The van der Waals surface area contributed by atoms with Gasteiger partial charge in [-0.3, -0.25) is 10.3 Å². The first-order valence-corrected chi connectivity index (χ1v) is 5.16. The molecule has 0 aliphatic rings. The van der Waals surface area contributed by atoms with Crippen LogP contribution in [0.2, 0.25) is 0 Å². The molecule has 0 aliphatic carbocycles. The maximum absolute atomic E-state index is 7.51. The average molecular weight is 201 g/mol. The van der Waals surface area contributed by atoms with E-state index in [0.717, 1.165) is 13.0 Å². The smallest absolute Gasteiger partial charge is 0.108 e. The molecule has 2 atom stereocenters. The van der Waals surface area contributed by atoms with Gasteiger partial charge in [-0.15, -0.1) is 0 Å². The van der Waals surface area contributed by atoms with Crippen molar-refractivity contribution in [1.29, 1.82) is 5.41 Å². The van der Waals surface area contributed by atoms with Crippen molar-refractivity contribution in [3.05, 3.63) is 0 Å². The molecule has 84 valence electrons. The van der Waals surface area contributed by atoms with Crippen molar-refractivity contribution < 1.29 is 4.74 Å². The Morgan fingerprint density at radius 3 is 2.36 bits per heavy atom. The Morgan fingerprint density at radius 2 is 2.07 bits per heavy atom. The number of amidine groups is 1. The number of hydrogen-bond acceptors (Lipinski definition) is 3. The summed E-state index contributed by atoms with van der Waals surface area (Å²) in [6.45, 7) is 7.80. The quantitative estimate of drug-likeness (QED) is 0.478. The van der Waals surface area contributed by atoms with E-state index >= 15 is 0 Å². The summed E-state index contributed by atoms with van der Waals surface area (Å²) >= 11 is 0. The van der Waals surface area contributed by atoms with Gasteiger partial charge in [0.2, 0.25) is 0 Å². The van der Waals surface area contributed by atoms with Crippen molar-refractivity contribution in [3.8, 4) is 0 Å². The molecule has 0 spiro atoms. The zero-order valence-corrected chi connectivity index (χ0v) is 9.71. The highest BCUT2D eigenvalue weighted by molar-refractivity contribution is 5.82. The van der Waals surface area contributed by atoms with Gasteiger partial charge in [0.05, 0.1) is 12.6 Å². The summed E-state index contributed by atoms with van der Waals surface area (Å²) in [6.07, 6.45) is 0.872. The number of rotatable bonds is 7. The maximum Gasteiger partial charge on any atom is 0.108 e. The Balaban J connectivity index is 4.41. The highest BCUT2D eigenvalue weighted by Crippen LogP contribution is 2.09. The molecule has 3 N–H and O–H groups in total. The standard InChI is InChI=1S/C10H23N3O/c1-5-9(10(11)12)13(6-2)8(3)7-14-4/h8-9H,5-7H2,1-4H3,(H3,11,12). The van der Waals surface area contributed by atoms with Gasteiger partial charge >= 0.3 is 0 Å². The van der Waals surface area contributed by atoms with Crippen LogP contribution in [0.15, 0.2) is 0 Å². The second-order valence-electron chi connectivity index (χ2n) is 3.51. The average Bonchev–Trinajstić information content (AvgIpc) is 2.13. The van der Waals surface area contributed by atoms with Crippen molar-refractivity contribution in [3.63, 3.8) is 0 Å². The van der Waals surface area contributed by atoms with Crippen LogP contribution in [0.1, 0.15) is 27.2 Å². The molecule has 0 amide bonds. The van der Waals surface area contributed by atoms with Crippen molar-refractivity contribution in [1.82, 2.24) is 4.90 Å². The number of hydrogen-bond donors (Lipinski definition) is 2. The summed E-state index contributed by atoms with van der Waals surface area (Å²) in [5.74, 6) is 0.248. The maximum atomic E-state index is 7.51. The molecule has 0 bridgehead atoms. The van der Waals surface area contributed by atoms with Gasteiger partial charge in [0.15, 0.2) is 0 Å². The Bertz CT molecular complexity index is 173. The largest absolute Gasteiger partial charge is 0.386 e. The van der Waals surface area contributed by atoms with Crippen molar-refractivity contribution >= 4 is 5.84 Å². The molecule has 2 unspecified atom stereocenters. The number of nitrogens with one attached hydrogen (secondary N) is 1. The van der Waals surface area contributed by atoms with Gasteiger partial charge in [-0.2, -0.15) is 0 Å². The first-order valence-electron chi connectivity index (χ1n) is 5.16. The fraction of sp³-hybridized carbons (Fsp3) is 0.900. The predicted molar refractivity (Wildman–Crippen MR) is 59.7 cm³/mol. The van der Waals surface area contributed by atoms with E-state index in [1.54, 1.807) is 7.11 Å². The summed E-state index contributed by atoms with van der Waals surface area (Å²) in [5, 5.41) is 7.51. The topological polar surface area (TPSA) is 62.3 Å². The summed E-state index contributed by atoms with van der Waals surface area (Å²) in [5.41, 5.74) is 5.56. The Morgan fingerprint density at radius 1 is 1.50 bits per heavy atom. The normalized spacial score (nSPS) is 15.5. The van der Waals surface area contributed by atoms with Crippen LogP contribution in [0.4, 0.5) is 0 Å². The SMILES string of the molecule is CCC(C(=N)N)N(CC)C(C)COC. The first kappa shape index (κ1) is 13.4. The summed E-state index contributed by atoms with van der Waals surface area (Å²) in [6, 6.07) is 0.351. The zero-order valence-electron chi connectivity index (χ0n) is 9.71. The molecule has 4 nitrogen and oxygen atoms in total. The van der Waals surface area contributed by atoms with Crippen LogP contribution in [0.5, 0.6) is 0 Å². The lowest BCUT2D eigenvalue weighted by Crippen LogP contribution is -2.49. The van der Waals surface area contributed by atoms with Crippen LogP contribution in [-0.2, 0) is 4.74 Å². The van der Waals surface area contributed by atoms with Crippen LogP contribution in [-0.4, -0.2) is 43.1 Å². The van der Waals surface area contributed by atoms with Crippen molar-refractivity contribution in [2.45, 2.75) is 39.3 Å². The van der Waals surface area contributed by atoms with Gasteiger partial charge in [0.1, 0.15) is 5.84 Å². The molecule has 14 heavy (non-hydrogen) atoms. The van der Waals surface area contributed by atoms with E-state index in [9.17, 15) is 0 Å². The summed E-state index contributed by atoms with van der Waals surface area (Å²) in [4.78, 5) is 2.20. The minimum atomic E-state index is 0.0464. The van der Waals surface area contributed by atoms with E-state index in [1.165, 1.54) is 0 Å².